The molecule has 1 N–H and O–H groups in total. The Kier molecular flexibility index (Phi) is 3.84. The average molecular weight is 252 g/mol. The number of hydrogen-bond acceptors (Lipinski definition) is 3. The third-order valence-corrected chi connectivity index (χ3v) is 4.22. The number of nitrogens with zero attached hydrogens (tertiary/aromatic N) is 1. The second kappa shape index (κ2) is 5.19. The Labute approximate surface area is 107 Å². The Morgan fingerprint density at radius 3 is 2.82 bits per heavy atom. The van der Waals surface area contributed by atoms with Crippen molar-refractivity contribution in [3.63, 3.8) is 0 Å². The van der Waals surface area contributed by atoms with Crippen LogP contribution in [-0.2, 0) is 4.79 Å². The number of thiophene rings is 1. The lowest BCUT2D eigenvalue weighted by Crippen LogP contribution is -2.37. The first-order valence-corrected chi connectivity index (χ1v) is 7.23. The summed E-state index contributed by atoms with van der Waals surface area (Å²) < 4.78 is 0. The Morgan fingerprint density at radius 1 is 1.53 bits per heavy atom. The van der Waals surface area contributed by atoms with E-state index >= 15 is 0 Å². The SMILES string of the molecule is CCC1NC(c2ccsc2)N(C(C)CC)C1=O. The minimum Gasteiger partial charge on any atom is -0.319 e. The van der Waals surface area contributed by atoms with Gasteiger partial charge >= 0.3 is 0 Å². The zero-order chi connectivity index (χ0) is 12.4. The Balaban J connectivity index is 2.27. The normalized spacial score (nSPS) is 26.5. The van der Waals surface area contributed by atoms with Crippen molar-refractivity contribution in [1.29, 1.82) is 0 Å². The van der Waals surface area contributed by atoms with E-state index in [1.54, 1.807) is 11.3 Å². The van der Waals surface area contributed by atoms with Crippen molar-refractivity contribution in [2.75, 3.05) is 0 Å². The molecule has 0 aromatic carbocycles. The molecule has 4 heteroatoms. The summed E-state index contributed by atoms with van der Waals surface area (Å²) in [6.45, 7) is 6.30. The molecular weight excluding hydrogens is 232 g/mol. The first-order chi connectivity index (χ1) is 8.19. The molecule has 17 heavy (non-hydrogen) atoms. The van der Waals surface area contributed by atoms with E-state index < -0.39 is 0 Å². The van der Waals surface area contributed by atoms with Gasteiger partial charge in [-0.1, -0.05) is 13.8 Å². The lowest BCUT2D eigenvalue weighted by atomic mass is 10.1. The molecule has 1 fully saturated rings. The zero-order valence-electron chi connectivity index (χ0n) is 10.6. The van der Waals surface area contributed by atoms with Gasteiger partial charge in [-0.2, -0.15) is 11.3 Å². The van der Waals surface area contributed by atoms with Crippen molar-refractivity contribution >= 4 is 17.2 Å². The van der Waals surface area contributed by atoms with Gasteiger partial charge in [-0.15, -0.1) is 0 Å². The molecule has 1 aliphatic rings. The third-order valence-electron chi connectivity index (χ3n) is 3.52. The van der Waals surface area contributed by atoms with Gasteiger partial charge in [0.15, 0.2) is 0 Å². The molecule has 3 nitrogen and oxygen atoms in total. The number of nitrogens with one attached hydrogen (secondary N) is 1. The van der Waals surface area contributed by atoms with Gasteiger partial charge in [-0.05, 0) is 42.2 Å². The summed E-state index contributed by atoms with van der Waals surface area (Å²) in [4.78, 5) is 14.3. The summed E-state index contributed by atoms with van der Waals surface area (Å²) in [6.07, 6.45) is 1.91. The minimum atomic E-state index is -0.0195. The van der Waals surface area contributed by atoms with Crippen LogP contribution < -0.4 is 5.32 Å². The predicted molar refractivity (Wildman–Crippen MR) is 70.9 cm³/mol. The molecule has 1 aliphatic heterocycles. The standard InChI is InChI=1S/C13H20N2OS/c1-4-9(3)15-12(10-6-7-17-8-10)14-11(5-2)13(15)16/h6-9,11-12,14H,4-5H2,1-3H3. The Hall–Kier alpha value is -0.870. The first kappa shape index (κ1) is 12.6. The quantitative estimate of drug-likeness (QED) is 0.893. The molecule has 1 aromatic rings. The van der Waals surface area contributed by atoms with Gasteiger partial charge in [0.2, 0.25) is 5.91 Å². The summed E-state index contributed by atoms with van der Waals surface area (Å²) in [7, 11) is 0. The number of rotatable bonds is 4. The van der Waals surface area contributed by atoms with Crippen molar-refractivity contribution in [2.24, 2.45) is 0 Å². The first-order valence-electron chi connectivity index (χ1n) is 6.29. The van der Waals surface area contributed by atoms with Crippen LogP contribution in [0.2, 0.25) is 0 Å². The highest BCUT2D eigenvalue weighted by Gasteiger charge is 2.40. The van der Waals surface area contributed by atoms with E-state index in [4.69, 9.17) is 0 Å². The molecule has 1 aromatic heterocycles. The topological polar surface area (TPSA) is 32.3 Å². The molecule has 1 amide bonds. The molecule has 3 unspecified atom stereocenters. The van der Waals surface area contributed by atoms with Crippen molar-refractivity contribution in [3.8, 4) is 0 Å². The van der Waals surface area contributed by atoms with Crippen molar-refractivity contribution in [3.05, 3.63) is 22.4 Å². The van der Waals surface area contributed by atoms with Crippen LogP contribution in [0.15, 0.2) is 16.8 Å². The molecule has 3 atom stereocenters. The van der Waals surface area contributed by atoms with Gasteiger partial charge < -0.3 is 4.90 Å². The molecule has 0 saturated carbocycles. The van der Waals surface area contributed by atoms with Gasteiger partial charge in [0.25, 0.3) is 0 Å². The monoisotopic (exact) mass is 252 g/mol. The molecule has 0 radical (unpaired) electrons. The zero-order valence-corrected chi connectivity index (χ0v) is 11.5. The fraction of sp³-hybridized carbons (Fsp3) is 0.615. The van der Waals surface area contributed by atoms with Crippen LogP contribution in [0.5, 0.6) is 0 Å². The Bertz CT molecular complexity index is 377. The van der Waals surface area contributed by atoms with E-state index in [0.717, 1.165) is 12.8 Å². The van der Waals surface area contributed by atoms with Crippen LogP contribution in [0.3, 0.4) is 0 Å². The van der Waals surface area contributed by atoms with E-state index in [-0.39, 0.29) is 24.2 Å². The fourth-order valence-corrected chi connectivity index (χ4v) is 2.98. The smallest absolute Gasteiger partial charge is 0.241 e. The average Bonchev–Trinajstić information content (AvgIpc) is 2.95. The van der Waals surface area contributed by atoms with Crippen LogP contribution in [0.25, 0.3) is 0 Å². The molecule has 94 valence electrons. The van der Waals surface area contributed by atoms with Gasteiger partial charge in [0.05, 0.1) is 6.04 Å². The third kappa shape index (κ3) is 2.24. The molecule has 2 heterocycles. The lowest BCUT2D eigenvalue weighted by molar-refractivity contribution is -0.132. The fourth-order valence-electron chi connectivity index (χ4n) is 2.30. The number of carbonyl (C=O) groups is 1. The highest BCUT2D eigenvalue weighted by molar-refractivity contribution is 7.07. The van der Waals surface area contributed by atoms with Crippen molar-refractivity contribution < 1.29 is 4.79 Å². The van der Waals surface area contributed by atoms with E-state index in [2.05, 4.69) is 42.9 Å². The van der Waals surface area contributed by atoms with Crippen LogP contribution in [0.4, 0.5) is 0 Å². The lowest BCUT2D eigenvalue weighted by Gasteiger charge is -2.29. The maximum Gasteiger partial charge on any atom is 0.241 e. The summed E-state index contributed by atoms with van der Waals surface area (Å²) in [5.74, 6) is 0.248. The van der Waals surface area contributed by atoms with E-state index in [1.165, 1.54) is 5.56 Å². The minimum absolute atomic E-state index is 0.0195. The van der Waals surface area contributed by atoms with Gasteiger partial charge in [-0.3, -0.25) is 10.1 Å². The Morgan fingerprint density at radius 2 is 2.29 bits per heavy atom. The van der Waals surface area contributed by atoms with Gasteiger partial charge in [0.1, 0.15) is 6.17 Å². The van der Waals surface area contributed by atoms with Crippen molar-refractivity contribution in [1.82, 2.24) is 10.2 Å². The van der Waals surface area contributed by atoms with Crippen molar-refractivity contribution in [2.45, 2.75) is 51.9 Å². The van der Waals surface area contributed by atoms with Gasteiger partial charge in [0, 0.05) is 6.04 Å². The summed E-state index contributed by atoms with van der Waals surface area (Å²) in [5.41, 5.74) is 1.21. The van der Waals surface area contributed by atoms with Crippen LogP contribution in [-0.4, -0.2) is 22.9 Å². The molecular formula is C13H20N2OS. The second-order valence-electron chi connectivity index (χ2n) is 4.59. The number of carbonyl (C=O) groups excluding carboxylic acids is 1. The predicted octanol–water partition coefficient (Wildman–Crippen LogP) is 2.76. The van der Waals surface area contributed by atoms with Crippen LogP contribution >= 0.6 is 11.3 Å². The highest BCUT2D eigenvalue weighted by atomic mass is 32.1. The highest BCUT2D eigenvalue weighted by Crippen LogP contribution is 2.30. The summed E-state index contributed by atoms with van der Waals surface area (Å²) in [6, 6.07) is 2.37. The summed E-state index contributed by atoms with van der Waals surface area (Å²) >= 11 is 1.68. The largest absolute Gasteiger partial charge is 0.319 e. The van der Waals surface area contributed by atoms with Gasteiger partial charge in [-0.25, -0.2) is 0 Å². The molecule has 0 spiro atoms. The molecule has 0 aliphatic carbocycles. The van der Waals surface area contributed by atoms with E-state index in [9.17, 15) is 4.79 Å². The van der Waals surface area contributed by atoms with E-state index in [0.29, 0.717) is 0 Å². The maximum atomic E-state index is 12.3. The number of amides is 1. The van der Waals surface area contributed by atoms with E-state index in [1.807, 2.05) is 4.90 Å². The molecule has 0 bridgehead atoms. The second-order valence-corrected chi connectivity index (χ2v) is 5.37. The molecule has 2 rings (SSSR count). The van der Waals surface area contributed by atoms with Crippen LogP contribution in [0, 0.1) is 0 Å². The van der Waals surface area contributed by atoms with Crippen LogP contribution in [0.1, 0.15) is 45.3 Å². The maximum absolute atomic E-state index is 12.3. The summed E-state index contributed by atoms with van der Waals surface area (Å²) in [5, 5.41) is 7.63. The molecule has 1 saturated heterocycles. The number of hydrogen-bond donors (Lipinski definition) is 1.